The normalized spacial score (nSPS) is 32.9. The van der Waals surface area contributed by atoms with Gasteiger partial charge in [0.1, 0.15) is 0 Å². The second kappa shape index (κ2) is 4.75. The molecule has 2 N–H and O–H groups in total. The number of hydrogen-bond donors (Lipinski definition) is 2. The number of hydrogen-bond acceptors (Lipinski definition) is 2. The Balaban J connectivity index is 2.36. The first-order valence-corrected chi connectivity index (χ1v) is 5.25. The number of carbonyl (C=O) groups is 1. The van der Waals surface area contributed by atoms with E-state index in [0.29, 0.717) is 0 Å². The van der Waals surface area contributed by atoms with E-state index in [4.69, 9.17) is 10.2 Å². The topological polar surface area (TPSA) is 57.5 Å². The molecular formula is C10H20NO3+. The highest BCUT2D eigenvalue weighted by Crippen LogP contribution is 2.22. The molecule has 4 nitrogen and oxygen atoms in total. The molecule has 14 heavy (non-hydrogen) atoms. The summed E-state index contributed by atoms with van der Waals surface area (Å²) in [4.78, 5) is 10.7. The van der Waals surface area contributed by atoms with Gasteiger partial charge in [-0.2, -0.15) is 0 Å². The fraction of sp³-hybridized carbons (Fsp3) is 0.900. The van der Waals surface area contributed by atoms with E-state index in [1.807, 2.05) is 0 Å². The lowest BCUT2D eigenvalue weighted by Crippen LogP contribution is -2.51. The van der Waals surface area contributed by atoms with Crippen LogP contribution in [0.4, 0.5) is 0 Å². The maximum Gasteiger partial charge on any atom is 0.306 e. The van der Waals surface area contributed by atoms with Gasteiger partial charge in [-0.25, -0.2) is 0 Å². The monoisotopic (exact) mass is 202 g/mol. The Morgan fingerprint density at radius 2 is 2.00 bits per heavy atom. The van der Waals surface area contributed by atoms with Crippen LogP contribution in [0.2, 0.25) is 0 Å². The molecule has 0 amide bonds. The van der Waals surface area contributed by atoms with Crippen LogP contribution in [0.5, 0.6) is 0 Å². The van der Waals surface area contributed by atoms with Crippen molar-refractivity contribution in [3.63, 3.8) is 0 Å². The zero-order chi connectivity index (χ0) is 10.6. The number of carboxylic acids is 1. The maximum atomic E-state index is 10.7. The number of aliphatic carboxylic acids is 1. The Hall–Kier alpha value is -0.610. The lowest BCUT2D eigenvalue weighted by molar-refractivity contribution is -0.915. The van der Waals surface area contributed by atoms with Gasteiger partial charge in [0.15, 0.2) is 0 Å². The molecule has 0 saturated carbocycles. The van der Waals surface area contributed by atoms with Crippen molar-refractivity contribution >= 4 is 5.97 Å². The van der Waals surface area contributed by atoms with Crippen LogP contribution in [0, 0.1) is 5.92 Å². The van der Waals surface area contributed by atoms with Gasteiger partial charge in [-0.3, -0.25) is 4.79 Å². The number of likely N-dealkylation sites (tertiary alicyclic amines) is 1. The predicted octanol–water partition coefficient (Wildman–Crippen LogP) is 0.310. The molecule has 0 spiro atoms. The lowest BCUT2D eigenvalue weighted by Gasteiger charge is -2.39. The largest absolute Gasteiger partial charge is 0.481 e. The Morgan fingerprint density at radius 3 is 2.43 bits per heavy atom. The molecule has 4 heteroatoms. The molecule has 0 aliphatic carbocycles. The summed E-state index contributed by atoms with van der Waals surface area (Å²) in [6.07, 6.45) is 2.36. The third-order valence-electron chi connectivity index (χ3n) is 3.24. The van der Waals surface area contributed by atoms with Crippen LogP contribution in [0.15, 0.2) is 0 Å². The predicted molar refractivity (Wildman–Crippen MR) is 52.8 cm³/mol. The molecule has 1 aliphatic rings. The first-order valence-electron chi connectivity index (χ1n) is 5.25. The van der Waals surface area contributed by atoms with Crippen molar-refractivity contribution in [1.82, 2.24) is 0 Å². The summed E-state index contributed by atoms with van der Waals surface area (Å²) in [6.45, 7) is 3.05. The Kier molecular flexibility index (Phi) is 3.89. The van der Waals surface area contributed by atoms with Gasteiger partial charge in [-0.1, -0.05) is 0 Å². The summed E-state index contributed by atoms with van der Waals surface area (Å²) in [7, 11) is 2.15. The van der Waals surface area contributed by atoms with Crippen LogP contribution in [0.1, 0.15) is 19.3 Å². The molecular weight excluding hydrogens is 182 g/mol. The average molecular weight is 202 g/mol. The zero-order valence-corrected chi connectivity index (χ0v) is 8.78. The number of quaternary nitrogens is 1. The van der Waals surface area contributed by atoms with Gasteiger partial charge in [-0.15, -0.1) is 0 Å². The number of aliphatic hydroxyl groups excluding tert-OH is 1. The highest BCUT2D eigenvalue weighted by molar-refractivity contribution is 5.69. The van der Waals surface area contributed by atoms with Crippen LogP contribution in [0.3, 0.4) is 0 Å². The van der Waals surface area contributed by atoms with Crippen LogP contribution in [-0.4, -0.2) is 54.0 Å². The third kappa shape index (κ3) is 2.96. The minimum absolute atomic E-state index is 0.143. The summed E-state index contributed by atoms with van der Waals surface area (Å²) in [6, 6.07) is 0. The SMILES string of the molecule is C[N+]1(CCCO)CCC(C(=O)O)CC1. The summed E-state index contributed by atoms with van der Waals surface area (Å²) in [5, 5.41) is 17.6. The number of rotatable bonds is 4. The standard InChI is InChI=1S/C10H19NO3/c1-11(5-2-8-12)6-3-9(4-7-11)10(13)14/h9,12H,2-8H2,1H3/p+1. The molecule has 0 aromatic rings. The van der Waals surface area contributed by atoms with Crippen molar-refractivity contribution in [1.29, 1.82) is 0 Å². The molecule has 1 aliphatic heterocycles. The Labute approximate surface area is 84.7 Å². The second-order valence-electron chi connectivity index (χ2n) is 4.48. The Bertz CT molecular complexity index is 198. The fourth-order valence-corrected chi connectivity index (χ4v) is 2.11. The van der Waals surface area contributed by atoms with Gasteiger partial charge in [0.25, 0.3) is 0 Å². The van der Waals surface area contributed by atoms with Gasteiger partial charge in [0.05, 0.1) is 32.6 Å². The van der Waals surface area contributed by atoms with Gasteiger partial charge >= 0.3 is 5.97 Å². The molecule has 1 heterocycles. The van der Waals surface area contributed by atoms with Crippen molar-refractivity contribution in [2.24, 2.45) is 5.92 Å². The van der Waals surface area contributed by atoms with E-state index in [1.54, 1.807) is 0 Å². The van der Waals surface area contributed by atoms with Gasteiger partial charge in [0, 0.05) is 25.9 Å². The van der Waals surface area contributed by atoms with Crippen molar-refractivity contribution in [3.05, 3.63) is 0 Å². The van der Waals surface area contributed by atoms with Crippen LogP contribution in [-0.2, 0) is 4.79 Å². The van der Waals surface area contributed by atoms with E-state index < -0.39 is 5.97 Å². The van der Waals surface area contributed by atoms with E-state index in [1.165, 1.54) is 0 Å². The van der Waals surface area contributed by atoms with Crippen molar-refractivity contribution < 1.29 is 19.5 Å². The zero-order valence-electron chi connectivity index (χ0n) is 8.78. The van der Waals surface area contributed by atoms with Crippen LogP contribution in [0.25, 0.3) is 0 Å². The number of aliphatic hydroxyl groups is 1. The van der Waals surface area contributed by atoms with Gasteiger partial charge in [0.2, 0.25) is 0 Å². The van der Waals surface area contributed by atoms with E-state index in [0.717, 1.165) is 43.4 Å². The van der Waals surface area contributed by atoms with Crippen LogP contribution < -0.4 is 0 Å². The molecule has 1 rings (SSSR count). The smallest absolute Gasteiger partial charge is 0.306 e. The minimum Gasteiger partial charge on any atom is -0.481 e. The summed E-state index contributed by atoms with van der Waals surface area (Å²) in [5.41, 5.74) is 0. The quantitative estimate of drug-likeness (QED) is 0.645. The lowest BCUT2D eigenvalue weighted by atomic mass is 9.95. The minimum atomic E-state index is -0.654. The summed E-state index contributed by atoms with van der Waals surface area (Å²) < 4.78 is 0.921. The number of carboxylic acid groups (broad SMARTS) is 1. The molecule has 0 aromatic heterocycles. The fourth-order valence-electron chi connectivity index (χ4n) is 2.11. The van der Waals surface area contributed by atoms with Crippen molar-refractivity contribution in [2.75, 3.05) is 33.3 Å². The third-order valence-corrected chi connectivity index (χ3v) is 3.24. The number of nitrogens with zero attached hydrogens (tertiary/aromatic N) is 1. The molecule has 0 unspecified atom stereocenters. The molecule has 0 radical (unpaired) electrons. The highest BCUT2D eigenvalue weighted by Gasteiger charge is 2.32. The van der Waals surface area contributed by atoms with E-state index in [2.05, 4.69) is 7.05 Å². The van der Waals surface area contributed by atoms with E-state index >= 15 is 0 Å². The van der Waals surface area contributed by atoms with E-state index in [-0.39, 0.29) is 12.5 Å². The van der Waals surface area contributed by atoms with Crippen LogP contribution >= 0.6 is 0 Å². The molecule has 1 fully saturated rings. The molecule has 1 saturated heterocycles. The average Bonchev–Trinajstić information content (AvgIpc) is 2.16. The Morgan fingerprint density at radius 1 is 1.43 bits per heavy atom. The summed E-state index contributed by atoms with van der Waals surface area (Å²) >= 11 is 0. The van der Waals surface area contributed by atoms with Gasteiger partial charge < -0.3 is 14.7 Å². The molecule has 0 aromatic carbocycles. The van der Waals surface area contributed by atoms with Crippen molar-refractivity contribution in [3.8, 4) is 0 Å². The van der Waals surface area contributed by atoms with E-state index in [9.17, 15) is 4.79 Å². The maximum absolute atomic E-state index is 10.7. The highest BCUT2D eigenvalue weighted by atomic mass is 16.4. The van der Waals surface area contributed by atoms with Gasteiger partial charge in [-0.05, 0) is 0 Å². The molecule has 0 bridgehead atoms. The first-order chi connectivity index (χ1) is 6.57. The molecule has 82 valence electrons. The number of piperidine rings is 1. The second-order valence-corrected chi connectivity index (χ2v) is 4.48. The first kappa shape index (κ1) is 11.5. The molecule has 0 atom stereocenters. The van der Waals surface area contributed by atoms with Crippen molar-refractivity contribution in [2.45, 2.75) is 19.3 Å². The summed E-state index contributed by atoms with van der Waals surface area (Å²) in [5.74, 6) is -0.797.